The Morgan fingerprint density at radius 2 is 1.92 bits per heavy atom. The van der Waals surface area contributed by atoms with Gasteiger partial charge in [-0.1, -0.05) is 0 Å². The number of rotatable bonds is 3. The third-order valence-electron chi connectivity index (χ3n) is 7.50. The van der Waals surface area contributed by atoms with Gasteiger partial charge in [0.05, 0.1) is 0 Å². The van der Waals surface area contributed by atoms with E-state index in [-0.39, 0.29) is 0 Å². The number of piperidine rings is 1. The van der Waals surface area contributed by atoms with Crippen LogP contribution in [0.5, 0.6) is 0 Å². The predicted molar refractivity (Wildman–Crippen MR) is 97.8 cm³/mol. The van der Waals surface area contributed by atoms with E-state index >= 15 is 0 Å². The Labute approximate surface area is 153 Å². The molecule has 4 fully saturated rings. The van der Waals surface area contributed by atoms with Crippen molar-refractivity contribution >= 4 is 17.5 Å². The molecule has 6 nitrogen and oxygen atoms in total. The van der Waals surface area contributed by atoms with E-state index < -0.39 is 0 Å². The molecule has 1 saturated heterocycles. The van der Waals surface area contributed by atoms with E-state index in [0.29, 0.717) is 28.7 Å². The SMILES string of the molecule is O=C(NC1CC2(CCN(c3ccn4ccnc4n3)CC2)C1)C1CC12CC2. The van der Waals surface area contributed by atoms with E-state index in [1.807, 2.05) is 16.8 Å². The third-order valence-corrected chi connectivity index (χ3v) is 7.50. The molecule has 4 aliphatic rings. The summed E-state index contributed by atoms with van der Waals surface area (Å²) in [6.07, 6.45) is 14.2. The summed E-state index contributed by atoms with van der Waals surface area (Å²) in [5, 5.41) is 3.33. The molecule has 1 amide bonds. The number of hydrogen-bond acceptors (Lipinski definition) is 4. The first-order chi connectivity index (χ1) is 12.6. The van der Waals surface area contributed by atoms with Crippen molar-refractivity contribution in [2.75, 3.05) is 18.0 Å². The Morgan fingerprint density at radius 1 is 1.12 bits per heavy atom. The van der Waals surface area contributed by atoms with E-state index in [1.165, 1.54) is 38.5 Å². The van der Waals surface area contributed by atoms with Crippen molar-refractivity contribution in [2.45, 2.75) is 51.0 Å². The average molecular weight is 351 g/mol. The Hall–Kier alpha value is -2.11. The molecule has 2 aromatic rings. The van der Waals surface area contributed by atoms with Gasteiger partial charge < -0.3 is 10.2 Å². The maximum Gasteiger partial charge on any atom is 0.235 e. The molecule has 0 radical (unpaired) electrons. The summed E-state index contributed by atoms with van der Waals surface area (Å²) in [5.74, 6) is 2.50. The van der Waals surface area contributed by atoms with Crippen LogP contribution in [0.4, 0.5) is 5.82 Å². The van der Waals surface area contributed by atoms with Crippen LogP contribution in [0.2, 0.25) is 0 Å². The maximum atomic E-state index is 12.3. The largest absolute Gasteiger partial charge is 0.356 e. The molecule has 0 bridgehead atoms. The van der Waals surface area contributed by atoms with Crippen LogP contribution in [-0.4, -0.2) is 39.4 Å². The number of carbonyl (C=O) groups is 1. The zero-order chi connectivity index (χ0) is 17.4. The summed E-state index contributed by atoms with van der Waals surface area (Å²) >= 11 is 0. The third kappa shape index (κ3) is 2.27. The molecule has 3 saturated carbocycles. The van der Waals surface area contributed by atoms with Crippen LogP contribution in [0, 0.1) is 16.7 Å². The van der Waals surface area contributed by atoms with Crippen LogP contribution < -0.4 is 10.2 Å². The minimum Gasteiger partial charge on any atom is -0.356 e. The summed E-state index contributed by atoms with van der Waals surface area (Å²) in [5.41, 5.74) is 0.923. The van der Waals surface area contributed by atoms with Crippen molar-refractivity contribution in [3.8, 4) is 0 Å². The lowest BCUT2D eigenvalue weighted by Crippen LogP contribution is -2.55. The lowest BCUT2D eigenvalue weighted by atomic mass is 9.60. The smallest absolute Gasteiger partial charge is 0.235 e. The number of amides is 1. The van der Waals surface area contributed by atoms with Crippen molar-refractivity contribution in [1.29, 1.82) is 0 Å². The van der Waals surface area contributed by atoms with Gasteiger partial charge in [-0.25, -0.2) is 4.98 Å². The van der Waals surface area contributed by atoms with E-state index in [0.717, 1.165) is 31.1 Å². The quantitative estimate of drug-likeness (QED) is 0.922. The van der Waals surface area contributed by atoms with E-state index in [1.54, 1.807) is 6.20 Å². The monoisotopic (exact) mass is 351 g/mol. The Balaban J connectivity index is 1.04. The standard InChI is InChI=1S/C20H25N5O/c26-17(15-13-20(15)2-3-20)22-14-11-19(12-14)4-8-24(9-5-19)16-1-7-25-10-6-21-18(25)23-16/h1,6-7,10,14-15H,2-5,8-9,11-13H2,(H,22,26). The first kappa shape index (κ1) is 15.0. The fourth-order valence-corrected chi connectivity index (χ4v) is 5.41. The van der Waals surface area contributed by atoms with Crippen LogP contribution in [-0.2, 0) is 4.79 Å². The zero-order valence-corrected chi connectivity index (χ0v) is 15.0. The molecule has 136 valence electrons. The highest BCUT2D eigenvalue weighted by Gasteiger charge is 2.66. The number of hydrogen-bond donors (Lipinski definition) is 1. The predicted octanol–water partition coefficient (Wildman–Crippen LogP) is 2.39. The van der Waals surface area contributed by atoms with Gasteiger partial charge in [0.15, 0.2) is 0 Å². The van der Waals surface area contributed by atoms with Crippen molar-refractivity contribution in [1.82, 2.24) is 19.7 Å². The Morgan fingerprint density at radius 3 is 2.65 bits per heavy atom. The van der Waals surface area contributed by atoms with Crippen LogP contribution in [0.3, 0.4) is 0 Å². The molecule has 1 N–H and O–H groups in total. The molecule has 1 atom stereocenters. The normalized spacial score (nSPS) is 28.3. The zero-order valence-electron chi connectivity index (χ0n) is 15.0. The molecular weight excluding hydrogens is 326 g/mol. The highest BCUT2D eigenvalue weighted by molar-refractivity contribution is 5.83. The van der Waals surface area contributed by atoms with Gasteiger partial charge in [-0.2, -0.15) is 4.98 Å². The fourth-order valence-electron chi connectivity index (χ4n) is 5.41. The number of nitrogens with one attached hydrogen (secondary N) is 1. The van der Waals surface area contributed by atoms with Crippen molar-refractivity contribution in [3.63, 3.8) is 0 Å². The van der Waals surface area contributed by atoms with E-state index in [4.69, 9.17) is 0 Å². The molecule has 3 aliphatic carbocycles. The number of fused-ring (bicyclic) bond motifs is 1. The summed E-state index contributed by atoms with van der Waals surface area (Å²) < 4.78 is 1.94. The lowest BCUT2D eigenvalue weighted by molar-refractivity contribution is -0.125. The van der Waals surface area contributed by atoms with Crippen molar-refractivity contribution < 1.29 is 4.79 Å². The second kappa shape index (κ2) is 4.99. The fraction of sp³-hybridized carbons (Fsp3) is 0.650. The van der Waals surface area contributed by atoms with Gasteiger partial charge in [0.2, 0.25) is 11.7 Å². The molecule has 0 aromatic carbocycles. The highest BCUT2D eigenvalue weighted by Crippen LogP contribution is 2.70. The molecule has 2 spiro atoms. The van der Waals surface area contributed by atoms with E-state index in [9.17, 15) is 4.79 Å². The van der Waals surface area contributed by atoms with Crippen molar-refractivity contribution in [3.05, 3.63) is 24.7 Å². The second-order valence-electron chi connectivity index (χ2n) is 9.14. The van der Waals surface area contributed by atoms with Gasteiger partial charge >= 0.3 is 0 Å². The molecule has 2 aromatic heterocycles. The van der Waals surface area contributed by atoms with Gasteiger partial charge in [-0.15, -0.1) is 0 Å². The Bertz CT molecular complexity index is 869. The molecule has 6 rings (SSSR count). The number of imidazole rings is 1. The second-order valence-corrected chi connectivity index (χ2v) is 9.14. The summed E-state index contributed by atoms with van der Waals surface area (Å²) in [6, 6.07) is 2.50. The number of aromatic nitrogens is 3. The topological polar surface area (TPSA) is 62.5 Å². The van der Waals surface area contributed by atoms with E-state index in [2.05, 4.69) is 26.3 Å². The van der Waals surface area contributed by atoms with Gasteiger partial charge in [-0.3, -0.25) is 9.20 Å². The first-order valence-electron chi connectivity index (χ1n) is 10.0. The van der Waals surface area contributed by atoms with Crippen LogP contribution in [0.1, 0.15) is 44.9 Å². The van der Waals surface area contributed by atoms with Gasteiger partial charge in [-0.05, 0) is 61.8 Å². The first-order valence-corrected chi connectivity index (χ1v) is 10.0. The average Bonchev–Trinajstić information content (AvgIpc) is 3.51. The van der Waals surface area contributed by atoms with Gasteiger partial charge in [0, 0.05) is 43.6 Å². The van der Waals surface area contributed by atoms with Crippen LogP contribution in [0.15, 0.2) is 24.7 Å². The molecule has 3 heterocycles. The number of carbonyl (C=O) groups excluding carboxylic acids is 1. The summed E-state index contributed by atoms with van der Waals surface area (Å²) in [6.45, 7) is 2.10. The summed E-state index contributed by atoms with van der Waals surface area (Å²) in [7, 11) is 0. The number of anilines is 1. The number of nitrogens with zero attached hydrogens (tertiary/aromatic N) is 4. The van der Waals surface area contributed by atoms with Gasteiger partial charge in [0.25, 0.3) is 0 Å². The molecular formula is C20H25N5O. The molecule has 1 unspecified atom stereocenters. The summed E-state index contributed by atoms with van der Waals surface area (Å²) in [4.78, 5) is 23.7. The molecule has 6 heteroatoms. The van der Waals surface area contributed by atoms with Crippen LogP contribution >= 0.6 is 0 Å². The van der Waals surface area contributed by atoms with Gasteiger partial charge in [0.1, 0.15) is 5.82 Å². The van der Waals surface area contributed by atoms with Crippen LogP contribution in [0.25, 0.3) is 5.78 Å². The maximum absolute atomic E-state index is 12.3. The minimum atomic E-state index is 0.344. The molecule has 26 heavy (non-hydrogen) atoms. The Kier molecular flexibility index (Phi) is 2.88. The lowest BCUT2D eigenvalue weighted by Gasteiger charge is -2.52. The molecule has 1 aliphatic heterocycles. The van der Waals surface area contributed by atoms with Crippen molar-refractivity contribution in [2.24, 2.45) is 16.7 Å². The highest BCUT2D eigenvalue weighted by atomic mass is 16.2. The minimum absolute atomic E-state index is 0.344.